The molecule has 1 atom stereocenters. The van der Waals surface area contributed by atoms with E-state index in [2.05, 4.69) is 15.5 Å². The molecule has 2 heterocycles. The van der Waals surface area contributed by atoms with Gasteiger partial charge in [0.2, 0.25) is 11.8 Å². The van der Waals surface area contributed by atoms with Crippen LogP contribution in [0.1, 0.15) is 34.1 Å². The molecule has 4 rings (SSSR count). The average molecular weight is 474 g/mol. The van der Waals surface area contributed by atoms with Gasteiger partial charge in [0.1, 0.15) is 10.8 Å². The zero-order valence-corrected chi connectivity index (χ0v) is 19.3. The highest BCUT2D eigenvalue weighted by molar-refractivity contribution is 7.17. The van der Waals surface area contributed by atoms with Crippen molar-refractivity contribution in [1.82, 2.24) is 9.80 Å². The molecule has 1 aliphatic heterocycles. The third-order valence-corrected chi connectivity index (χ3v) is 7.42. The van der Waals surface area contributed by atoms with Gasteiger partial charge in [-0.2, -0.15) is 0 Å². The van der Waals surface area contributed by atoms with Crippen molar-refractivity contribution in [3.8, 4) is 0 Å². The van der Waals surface area contributed by atoms with Gasteiger partial charge in [-0.15, -0.1) is 11.3 Å². The lowest BCUT2D eigenvalue weighted by atomic mass is 10.1. The van der Waals surface area contributed by atoms with Gasteiger partial charge in [0, 0.05) is 36.7 Å². The predicted molar refractivity (Wildman–Crippen MR) is 126 cm³/mol. The van der Waals surface area contributed by atoms with Gasteiger partial charge in [-0.05, 0) is 49.9 Å². The lowest BCUT2D eigenvalue weighted by molar-refractivity contribution is -0.122. The third kappa shape index (κ3) is 5.40. The lowest BCUT2D eigenvalue weighted by Gasteiger charge is -2.37. The van der Waals surface area contributed by atoms with Gasteiger partial charge in [0.05, 0.1) is 18.2 Å². The number of fused-ring (bicyclic) bond motifs is 1. The molecule has 1 unspecified atom stereocenters. The van der Waals surface area contributed by atoms with Crippen molar-refractivity contribution in [1.29, 1.82) is 0 Å². The van der Waals surface area contributed by atoms with Crippen LogP contribution in [0.25, 0.3) is 0 Å². The van der Waals surface area contributed by atoms with Crippen LogP contribution >= 0.6 is 11.3 Å². The number of hydrogen-bond acceptors (Lipinski definition) is 6. The van der Waals surface area contributed by atoms with E-state index in [1.807, 2.05) is 11.8 Å². The normalized spacial score (nSPS) is 17.4. The van der Waals surface area contributed by atoms with Crippen LogP contribution in [-0.2, 0) is 22.4 Å². The monoisotopic (exact) mass is 473 g/mol. The van der Waals surface area contributed by atoms with Crippen LogP contribution in [0.2, 0.25) is 0 Å². The topological polar surface area (TPSA) is 108 Å². The Bertz CT molecular complexity index is 1060. The molecule has 176 valence electrons. The Morgan fingerprint density at radius 2 is 1.91 bits per heavy atom. The van der Waals surface area contributed by atoms with Gasteiger partial charge in [-0.1, -0.05) is 6.07 Å². The van der Waals surface area contributed by atoms with E-state index in [0.29, 0.717) is 42.4 Å². The maximum atomic E-state index is 13.3. The van der Waals surface area contributed by atoms with Crippen molar-refractivity contribution >= 4 is 39.7 Å². The van der Waals surface area contributed by atoms with Gasteiger partial charge in [-0.25, -0.2) is 4.39 Å². The zero-order chi connectivity index (χ0) is 23.5. The fraction of sp³-hybridized carbons (Fsp3) is 0.435. The standard InChI is InChI=1S/C23H28FN5O3S/c1-14(22(32)27-23-20(21(25)31)17-6-3-7-18(17)33-23)29-10-8-28(9-11-29)13-19(30)26-16-5-2-4-15(24)12-16/h2,4-5,12,14H,3,6-11,13H2,1H3,(H2,25,31)(H,26,30)(H,27,32). The van der Waals surface area contributed by atoms with E-state index in [-0.39, 0.29) is 24.4 Å². The number of nitrogens with one attached hydrogen (secondary N) is 2. The van der Waals surface area contributed by atoms with Crippen molar-refractivity contribution < 1.29 is 18.8 Å². The maximum absolute atomic E-state index is 13.3. The highest BCUT2D eigenvalue weighted by Crippen LogP contribution is 2.38. The van der Waals surface area contributed by atoms with E-state index in [1.54, 1.807) is 12.1 Å². The molecule has 1 aromatic carbocycles. The number of carbonyl (C=O) groups is 3. The Labute approximate surface area is 195 Å². The summed E-state index contributed by atoms with van der Waals surface area (Å²) in [7, 11) is 0. The number of piperazine rings is 1. The predicted octanol–water partition coefficient (Wildman–Crippen LogP) is 2.06. The van der Waals surface area contributed by atoms with E-state index in [9.17, 15) is 18.8 Å². The van der Waals surface area contributed by atoms with Crippen LogP contribution in [0.3, 0.4) is 0 Å². The van der Waals surface area contributed by atoms with Crippen LogP contribution in [-0.4, -0.2) is 66.3 Å². The Kier molecular flexibility index (Phi) is 7.06. The van der Waals surface area contributed by atoms with Crippen LogP contribution in [0, 0.1) is 5.82 Å². The molecule has 2 aliphatic rings. The smallest absolute Gasteiger partial charge is 0.251 e. The number of nitrogens with two attached hydrogens (primary N) is 1. The summed E-state index contributed by atoms with van der Waals surface area (Å²) in [5.41, 5.74) is 7.46. The summed E-state index contributed by atoms with van der Waals surface area (Å²) < 4.78 is 13.3. The molecule has 0 spiro atoms. The summed E-state index contributed by atoms with van der Waals surface area (Å²) in [6.07, 6.45) is 2.75. The van der Waals surface area contributed by atoms with Gasteiger partial charge in [0.15, 0.2) is 0 Å². The Morgan fingerprint density at radius 1 is 1.15 bits per heavy atom. The number of aryl methyl sites for hydroxylation is 1. The molecule has 0 bridgehead atoms. The Balaban J connectivity index is 1.28. The number of primary amides is 1. The molecular weight excluding hydrogens is 445 g/mol. The van der Waals surface area contributed by atoms with Crippen LogP contribution in [0.15, 0.2) is 24.3 Å². The first-order chi connectivity index (χ1) is 15.8. The van der Waals surface area contributed by atoms with Crippen molar-refractivity contribution in [3.05, 3.63) is 46.1 Å². The molecule has 1 aliphatic carbocycles. The molecule has 1 aromatic heterocycles. The number of rotatable bonds is 7. The van der Waals surface area contributed by atoms with Crippen LogP contribution in [0.4, 0.5) is 15.1 Å². The highest BCUT2D eigenvalue weighted by Gasteiger charge is 2.30. The molecule has 8 nitrogen and oxygen atoms in total. The molecule has 4 N–H and O–H groups in total. The second kappa shape index (κ2) is 9.98. The van der Waals surface area contributed by atoms with Crippen LogP contribution < -0.4 is 16.4 Å². The first-order valence-corrected chi connectivity index (χ1v) is 11.9. The summed E-state index contributed by atoms with van der Waals surface area (Å²) in [5, 5.41) is 6.18. The molecule has 10 heteroatoms. The first-order valence-electron chi connectivity index (χ1n) is 11.1. The largest absolute Gasteiger partial charge is 0.365 e. The zero-order valence-electron chi connectivity index (χ0n) is 18.5. The number of thiophene rings is 1. The third-order valence-electron chi connectivity index (χ3n) is 6.21. The highest BCUT2D eigenvalue weighted by atomic mass is 32.1. The average Bonchev–Trinajstić information content (AvgIpc) is 3.34. The number of benzene rings is 1. The summed E-state index contributed by atoms with van der Waals surface area (Å²) in [6, 6.07) is 5.41. The second-order valence-corrected chi connectivity index (χ2v) is 9.57. The quantitative estimate of drug-likeness (QED) is 0.571. The van der Waals surface area contributed by atoms with E-state index in [0.717, 1.165) is 29.7 Å². The summed E-state index contributed by atoms with van der Waals surface area (Å²) in [6.45, 7) is 4.57. The molecule has 33 heavy (non-hydrogen) atoms. The molecule has 0 saturated carbocycles. The number of amides is 3. The minimum absolute atomic E-state index is 0.172. The minimum Gasteiger partial charge on any atom is -0.365 e. The fourth-order valence-electron chi connectivity index (χ4n) is 4.41. The van der Waals surface area contributed by atoms with Crippen molar-refractivity contribution in [2.45, 2.75) is 32.2 Å². The van der Waals surface area contributed by atoms with Crippen molar-refractivity contribution in [2.24, 2.45) is 5.73 Å². The number of carbonyl (C=O) groups excluding carboxylic acids is 3. The number of nitrogens with zero attached hydrogens (tertiary/aromatic N) is 2. The maximum Gasteiger partial charge on any atom is 0.251 e. The number of anilines is 2. The second-order valence-electron chi connectivity index (χ2n) is 8.46. The molecule has 2 aromatic rings. The minimum atomic E-state index is -0.498. The Hall–Kier alpha value is -2.82. The summed E-state index contributed by atoms with van der Waals surface area (Å²) >= 11 is 1.45. The van der Waals surface area contributed by atoms with E-state index in [4.69, 9.17) is 5.73 Å². The van der Waals surface area contributed by atoms with Crippen molar-refractivity contribution in [2.75, 3.05) is 43.4 Å². The van der Waals surface area contributed by atoms with Gasteiger partial charge < -0.3 is 16.4 Å². The molecular formula is C23H28FN5O3S. The molecule has 3 amide bonds. The SMILES string of the molecule is CC(C(=O)Nc1sc2c(c1C(N)=O)CCC2)N1CCN(CC(=O)Nc2cccc(F)c2)CC1. The summed E-state index contributed by atoms with van der Waals surface area (Å²) in [4.78, 5) is 42.3. The number of hydrogen-bond donors (Lipinski definition) is 3. The van der Waals surface area contributed by atoms with Crippen molar-refractivity contribution in [3.63, 3.8) is 0 Å². The van der Waals surface area contributed by atoms with E-state index >= 15 is 0 Å². The van der Waals surface area contributed by atoms with Gasteiger partial charge in [-0.3, -0.25) is 24.2 Å². The first kappa shape index (κ1) is 23.3. The van der Waals surface area contributed by atoms with Gasteiger partial charge >= 0.3 is 0 Å². The van der Waals surface area contributed by atoms with E-state index in [1.165, 1.54) is 23.5 Å². The summed E-state index contributed by atoms with van der Waals surface area (Å²) in [5.74, 6) is -1.27. The molecule has 1 saturated heterocycles. The Morgan fingerprint density at radius 3 is 2.61 bits per heavy atom. The fourth-order valence-corrected chi connectivity index (χ4v) is 5.71. The lowest BCUT2D eigenvalue weighted by Crippen LogP contribution is -2.53. The van der Waals surface area contributed by atoms with Crippen LogP contribution in [0.5, 0.6) is 0 Å². The molecule has 0 radical (unpaired) electrons. The molecule has 1 fully saturated rings. The van der Waals surface area contributed by atoms with Gasteiger partial charge in [0.25, 0.3) is 5.91 Å². The number of halogens is 1. The van der Waals surface area contributed by atoms with E-state index < -0.39 is 11.7 Å².